The largest absolute Gasteiger partial charge is 0.495 e. The predicted octanol–water partition coefficient (Wildman–Crippen LogP) is 2.13. The second kappa shape index (κ2) is 5.92. The number of piperidine rings is 1. The summed E-state index contributed by atoms with van der Waals surface area (Å²) >= 11 is 0. The van der Waals surface area contributed by atoms with Crippen molar-refractivity contribution in [2.24, 2.45) is 5.92 Å². The third-order valence-electron chi connectivity index (χ3n) is 3.49. The summed E-state index contributed by atoms with van der Waals surface area (Å²) < 4.78 is 5.40. The van der Waals surface area contributed by atoms with Gasteiger partial charge in [-0.25, -0.2) is 0 Å². The van der Waals surface area contributed by atoms with Crippen molar-refractivity contribution in [2.45, 2.75) is 12.8 Å². The molecule has 0 radical (unpaired) electrons. The van der Waals surface area contributed by atoms with Crippen LogP contribution in [0.5, 0.6) is 5.75 Å². The number of hydrogen-bond acceptors (Lipinski definition) is 3. The van der Waals surface area contributed by atoms with Crippen LogP contribution in [0.4, 0.5) is 5.69 Å². The molecule has 1 aliphatic heterocycles. The molecule has 0 bridgehead atoms. The fourth-order valence-electron chi connectivity index (χ4n) is 2.50. The number of benzene rings is 1. The summed E-state index contributed by atoms with van der Waals surface area (Å²) in [4.78, 5) is 2.31. The molecule has 0 spiro atoms. The molecule has 0 unspecified atom stereocenters. The number of anilines is 1. The van der Waals surface area contributed by atoms with Crippen molar-refractivity contribution >= 4 is 5.69 Å². The molecule has 0 saturated carbocycles. The van der Waals surface area contributed by atoms with Gasteiger partial charge in [0.2, 0.25) is 0 Å². The highest BCUT2D eigenvalue weighted by Crippen LogP contribution is 2.28. The normalized spacial score (nSPS) is 16.8. The maximum atomic E-state index is 5.40. The van der Waals surface area contributed by atoms with Crippen molar-refractivity contribution in [3.05, 3.63) is 24.3 Å². The molecular weight excluding hydrogens is 212 g/mol. The Hall–Kier alpha value is -1.22. The Labute approximate surface area is 104 Å². The molecule has 1 saturated heterocycles. The highest BCUT2D eigenvalue weighted by Gasteiger charge is 2.16. The zero-order chi connectivity index (χ0) is 12.1. The van der Waals surface area contributed by atoms with Gasteiger partial charge in [0.05, 0.1) is 12.8 Å². The Morgan fingerprint density at radius 1 is 1.29 bits per heavy atom. The molecule has 0 atom stereocenters. The van der Waals surface area contributed by atoms with E-state index >= 15 is 0 Å². The van der Waals surface area contributed by atoms with Gasteiger partial charge < -0.3 is 15.0 Å². The minimum atomic E-state index is 0.797. The quantitative estimate of drug-likeness (QED) is 0.863. The van der Waals surface area contributed by atoms with Crippen LogP contribution in [0.25, 0.3) is 0 Å². The molecule has 0 aromatic heterocycles. The molecule has 3 nitrogen and oxygen atoms in total. The lowest BCUT2D eigenvalue weighted by Crippen LogP contribution is -2.34. The van der Waals surface area contributed by atoms with E-state index in [2.05, 4.69) is 29.4 Å². The third kappa shape index (κ3) is 3.13. The fourth-order valence-corrected chi connectivity index (χ4v) is 2.50. The van der Waals surface area contributed by atoms with E-state index in [0.29, 0.717) is 0 Å². The predicted molar refractivity (Wildman–Crippen MR) is 71.9 cm³/mol. The Kier molecular flexibility index (Phi) is 4.26. The molecule has 1 heterocycles. The van der Waals surface area contributed by atoms with Crippen LogP contribution in [0.3, 0.4) is 0 Å². The fraction of sp³-hybridized carbons (Fsp3) is 0.571. The zero-order valence-electron chi connectivity index (χ0n) is 10.8. The summed E-state index contributed by atoms with van der Waals surface area (Å²) in [5, 5.41) is 3.41. The van der Waals surface area contributed by atoms with Crippen LogP contribution in [-0.2, 0) is 0 Å². The molecule has 3 heteroatoms. The van der Waals surface area contributed by atoms with Crippen LogP contribution in [0, 0.1) is 5.92 Å². The molecule has 2 rings (SSSR count). The molecule has 1 aromatic rings. The van der Waals surface area contributed by atoms with Crippen molar-refractivity contribution in [3.8, 4) is 5.75 Å². The Morgan fingerprint density at radius 3 is 2.71 bits per heavy atom. The molecule has 0 aliphatic carbocycles. The van der Waals surface area contributed by atoms with E-state index in [-0.39, 0.29) is 0 Å². The highest BCUT2D eigenvalue weighted by atomic mass is 16.5. The second-order valence-corrected chi connectivity index (χ2v) is 4.75. The zero-order valence-corrected chi connectivity index (χ0v) is 10.8. The van der Waals surface area contributed by atoms with E-state index in [4.69, 9.17) is 4.74 Å². The van der Waals surface area contributed by atoms with Gasteiger partial charge in [-0.15, -0.1) is 0 Å². The molecule has 94 valence electrons. The topological polar surface area (TPSA) is 24.5 Å². The van der Waals surface area contributed by atoms with Gasteiger partial charge in [-0.1, -0.05) is 12.1 Å². The van der Waals surface area contributed by atoms with Gasteiger partial charge in [0, 0.05) is 13.6 Å². The van der Waals surface area contributed by atoms with Crippen LogP contribution < -0.4 is 15.0 Å². The average molecular weight is 234 g/mol. The molecule has 1 N–H and O–H groups in total. The number of methoxy groups -OCH3 is 1. The lowest BCUT2D eigenvalue weighted by atomic mass is 9.97. The first-order valence-electron chi connectivity index (χ1n) is 6.36. The second-order valence-electron chi connectivity index (χ2n) is 4.75. The molecule has 0 amide bonds. The van der Waals surface area contributed by atoms with Gasteiger partial charge in [0.25, 0.3) is 0 Å². The molecule has 1 aromatic carbocycles. The number of ether oxygens (including phenoxy) is 1. The first kappa shape index (κ1) is 12.2. The van der Waals surface area contributed by atoms with Gasteiger partial charge in [-0.05, 0) is 44.0 Å². The SMILES string of the molecule is COc1ccccc1N(C)CC1CCNCC1. The van der Waals surface area contributed by atoms with E-state index in [1.165, 1.54) is 18.5 Å². The van der Waals surface area contributed by atoms with Crippen LogP contribution in [0.2, 0.25) is 0 Å². The Balaban J connectivity index is 2.00. The van der Waals surface area contributed by atoms with Crippen molar-refractivity contribution in [2.75, 3.05) is 38.7 Å². The molecule has 17 heavy (non-hydrogen) atoms. The molecule has 1 aliphatic rings. The smallest absolute Gasteiger partial charge is 0.142 e. The van der Waals surface area contributed by atoms with E-state index in [1.807, 2.05) is 12.1 Å². The monoisotopic (exact) mass is 234 g/mol. The maximum absolute atomic E-state index is 5.40. The van der Waals surface area contributed by atoms with Crippen LogP contribution in [-0.4, -0.2) is 33.8 Å². The van der Waals surface area contributed by atoms with E-state index < -0.39 is 0 Å². The average Bonchev–Trinajstić information content (AvgIpc) is 2.40. The van der Waals surface area contributed by atoms with Crippen LogP contribution in [0.15, 0.2) is 24.3 Å². The van der Waals surface area contributed by atoms with Crippen molar-refractivity contribution in [1.82, 2.24) is 5.32 Å². The summed E-state index contributed by atoms with van der Waals surface area (Å²) in [6.45, 7) is 3.43. The van der Waals surface area contributed by atoms with Crippen LogP contribution >= 0.6 is 0 Å². The third-order valence-corrected chi connectivity index (χ3v) is 3.49. The highest BCUT2D eigenvalue weighted by molar-refractivity contribution is 5.57. The van der Waals surface area contributed by atoms with Crippen molar-refractivity contribution in [3.63, 3.8) is 0 Å². The van der Waals surface area contributed by atoms with E-state index in [0.717, 1.165) is 31.3 Å². The van der Waals surface area contributed by atoms with Gasteiger partial charge in [0.1, 0.15) is 5.75 Å². The summed E-state index contributed by atoms with van der Waals surface area (Å²) in [5.41, 5.74) is 1.19. The first-order chi connectivity index (χ1) is 8.31. The van der Waals surface area contributed by atoms with Crippen molar-refractivity contribution < 1.29 is 4.74 Å². The van der Waals surface area contributed by atoms with Gasteiger partial charge in [-0.3, -0.25) is 0 Å². The first-order valence-corrected chi connectivity index (χ1v) is 6.36. The summed E-state index contributed by atoms with van der Waals surface area (Å²) in [5.74, 6) is 1.76. The van der Waals surface area contributed by atoms with Crippen LogP contribution in [0.1, 0.15) is 12.8 Å². The summed E-state index contributed by atoms with van der Waals surface area (Å²) in [6.07, 6.45) is 2.55. The number of hydrogen-bond donors (Lipinski definition) is 1. The summed E-state index contributed by atoms with van der Waals surface area (Å²) in [7, 11) is 3.89. The van der Waals surface area contributed by atoms with Gasteiger partial charge >= 0.3 is 0 Å². The van der Waals surface area contributed by atoms with Gasteiger partial charge in [0.15, 0.2) is 0 Å². The standard InChI is InChI=1S/C14H22N2O/c1-16(11-12-7-9-15-10-8-12)13-5-3-4-6-14(13)17-2/h3-6,12,15H,7-11H2,1-2H3. The lowest BCUT2D eigenvalue weighted by molar-refractivity contribution is 0.375. The number of nitrogens with zero attached hydrogens (tertiary/aromatic N) is 1. The minimum absolute atomic E-state index is 0.797. The van der Waals surface area contributed by atoms with E-state index in [1.54, 1.807) is 7.11 Å². The molecule has 1 fully saturated rings. The Bertz CT molecular complexity index is 348. The number of rotatable bonds is 4. The van der Waals surface area contributed by atoms with Gasteiger partial charge in [-0.2, -0.15) is 0 Å². The van der Waals surface area contributed by atoms with E-state index in [9.17, 15) is 0 Å². The number of para-hydroxylation sites is 2. The Morgan fingerprint density at radius 2 is 2.00 bits per heavy atom. The number of nitrogens with one attached hydrogen (secondary N) is 1. The maximum Gasteiger partial charge on any atom is 0.142 e. The molecular formula is C14H22N2O. The lowest BCUT2D eigenvalue weighted by Gasteiger charge is -2.29. The minimum Gasteiger partial charge on any atom is -0.495 e. The van der Waals surface area contributed by atoms with Crippen molar-refractivity contribution in [1.29, 1.82) is 0 Å². The summed E-state index contributed by atoms with van der Waals surface area (Å²) in [6, 6.07) is 8.23.